The van der Waals surface area contributed by atoms with Crippen molar-refractivity contribution < 1.29 is 18.3 Å². The number of methoxy groups -OCH3 is 1. The minimum atomic E-state index is -3.43. The van der Waals surface area contributed by atoms with Gasteiger partial charge in [0.1, 0.15) is 5.75 Å². The molecule has 0 spiro atoms. The molecule has 1 aromatic heterocycles. The molecule has 180 valence electrons. The van der Waals surface area contributed by atoms with E-state index in [0.717, 1.165) is 17.4 Å². The van der Waals surface area contributed by atoms with E-state index in [1.165, 1.54) is 10.8 Å². The molecule has 8 nitrogen and oxygen atoms in total. The number of aliphatic hydroxyl groups excluding tert-OH is 1. The summed E-state index contributed by atoms with van der Waals surface area (Å²) in [6.07, 6.45) is 9.16. The molecule has 3 rings (SSSR count). The van der Waals surface area contributed by atoms with Gasteiger partial charge in [0, 0.05) is 34.9 Å². The van der Waals surface area contributed by atoms with Crippen molar-refractivity contribution in [1.82, 2.24) is 9.55 Å². The Morgan fingerprint density at radius 1 is 1.15 bits per heavy atom. The Kier molecular flexibility index (Phi) is 7.28. The van der Waals surface area contributed by atoms with Crippen LogP contribution in [0.3, 0.4) is 0 Å². The van der Waals surface area contributed by atoms with Crippen molar-refractivity contribution in [2.45, 2.75) is 32.8 Å². The van der Waals surface area contributed by atoms with Crippen LogP contribution in [0.1, 0.15) is 43.0 Å². The molecule has 0 unspecified atom stereocenters. The number of aliphatic hydroxyl groups is 1. The van der Waals surface area contributed by atoms with Gasteiger partial charge in [0.25, 0.3) is 5.56 Å². The third-order valence-electron chi connectivity index (χ3n) is 5.18. The van der Waals surface area contributed by atoms with E-state index in [9.17, 15) is 18.3 Å². The van der Waals surface area contributed by atoms with Crippen molar-refractivity contribution in [3.8, 4) is 11.4 Å². The van der Waals surface area contributed by atoms with E-state index < -0.39 is 10.0 Å². The smallest absolute Gasteiger partial charge is 0.273 e. The summed E-state index contributed by atoms with van der Waals surface area (Å²) in [7, 11) is -1.83. The Morgan fingerprint density at radius 3 is 2.44 bits per heavy atom. The Hall–Kier alpha value is -3.43. The minimum absolute atomic E-state index is 0.251. The standard InChI is InChI=1S/C25H29N3O5S/c1-25(2,3)22-14-21(28-11-10-26-15-23(28)30)13-18(24(22)33-4)7-6-17-8-9-20(12-19(17)16-29)27-34(5,31)32/h6-15,27,29H,16H2,1-5H3. The van der Waals surface area contributed by atoms with Gasteiger partial charge >= 0.3 is 0 Å². The van der Waals surface area contributed by atoms with E-state index >= 15 is 0 Å². The van der Waals surface area contributed by atoms with Crippen LogP contribution in [0.15, 0.2) is 53.7 Å². The minimum Gasteiger partial charge on any atom is -0.496 e. The van der Waals surface area contributed by atoms with E-state index in [1.807, 2.05) is 24.3 Å². The van der Waals surface area contributed by atoms with Crippen LogP contribution in [0.5, 0.6) is 5.75 Å². The van der Waals surface area contributed by atoms with Gasteiger partial charge in [-0.05, 0) is 40.8 Å². The van der Waals surface area contributed by atoms with E-state index in [1.54, 1.807) is 37.7 Å². The third kappa shape index (κ3) is 5.92. The van der Waals surface area contributed by atoms with Crippen LogP contribution in [0.4, 0.5) is 5.69 Å². The molecule has 34 heavy (non-hydrogen) atoms. The molecule has 0 aliphatic rings. The van der Waals surface area contributed by atoms with Crippen molar-refractivity contribution in [3.05, 3.63) is 81.5 Å². The van der Waals surface area contributed by atoms with Crippen LogP contribution in [0.25, 0.3) is 17.8 Å². The molecule has 0 atom stereocenters. The zero-order valence-electron chi connectivity index (χ0n) is 19.9. The first-order valence-electron chi connectivity index (χ1n) is 10.6. The Labute approximate surface area is 199 Å². The highest BCUT2D eigenvalue weighted by Gasteiger charge is 2.22. The molecule has 2 aromatic carbocycles. The summed E-state index contributed by atoms with van der Waals surface area (Å²) in [4.78, 5) is 16.3. The summed E-state index contributed by atoms with van der Waals surface area (Å²) in [6.45, 7) is 5.92. The average Bonchev–Trinajstić information content (AvgIpc) is 2.76. The maximum absolute atomic E-state index is 12.4. The largest absolute Gasteiger partial charge is 0.496 e. The number of sulfonamides is 1. The van der Waals surface area contributed by atoms with E-state index in [2.05, 4.69) is 30.5 Å². The molecule has 0 saturated heterocycles. The van der Waals surface area contributed by atoms with Crippen LogP contribution in [0, 0.1) is 0 Å². The molecule has 0 aliphatic carbocycles. The first-order valence-corrected chi connectivity index (χ1v) is 12.5. The first-order chi connectivity index (χ1) is 15.9. The molecule has 2 N–H and O–H groups in total. The summed E-state index contributed by atoms with van der Waals surface area (Å²) in [5.41, 5.74) is 3.47. The monoisotopic (exact) mass is 483 g/mol. The summed E-state index contributed by atoms with van der Waals surface area (Å²) in [5.74, 6) is 0.676. The van der Waals surface area contributed by atoms with Gasteiger partial charge < -0.3 is 9.84 Å². The molecule has 0 bridgehead atoms. The van der Waals surface area contributed by atoms with Crippen LogP contribution in [-0.4, -0.2) is 36.4 Å². The van der Waals surface area contributed by atoms with Gasteiger partial charge in [-0.2, -0.15) is 0 Å². The number of hydrogen-bond donors (Lipinski definition) is 2. The number of aromatic nitrogens is 2. The van der Waals surface area contributed by atoms with E-state index in [4.69, 9.17) is 4.74 Å². The third-order valence-corrected chi connectivity index (χ3v) is 5.78. The van der Waals surface area contributed by atoms with E-state index in [0.29, 0.717) is 28.3 Å². The lowest BCUT2D eigenvalue weighted by molar-refractivity contribution is 0.281. The highest BCUT2D eigenvalue weighted by molar-refractivity contribution is 7.92. The number of benzene rings is 2. The van der Waals surface area contributed by atoms with Gasteiger partial charge in [0.15, 0.2) is 0 Å². The molecule has 0 fully saturated rings. The Bertz CT molecular complexity index is 1390. The predicted octanol–water partition coefficient (Wildman–Crippen LogP) is 3.57. The molecule has 0 aliphatic heterocycles. The molecule has 3 aromatic rings. The normalized spacial score (nSPS) is 12.2. The maximum Gasteiger partial charge on any atom is 0.273 e. The van der Waals surface area contributed by atoms with Crippen molar-refractivity contribution >= 4 is 27.9 Å². The fraction of sp³-hybridized carbons (Fsp3) is 0.280. The molecular weight excluding hydrogens is 454 g/mol. The van der Waals surface area contributed by atoms with Crippen LogP contribution < -0.4 is 15.0 Å². The van der Waals surface area contributed by atoms with Crippen molar-refractivity contribution in [2.75, 3.05) is 18.1 Å². The lowest BCUT2D eigenvalue weighted by Gasteiger charge is -2.25. The fourth-order valence-corrected chi connectivity index (χ4v) is 4.16. The lowest BCUT2D eigenvalue weighted by atomic mass is 9.84. The van der Waals surface area contributed by atoms with E-state index in [-0.39, 0.29) is 17.6 Å². The van der Waals surface area contributed by atoms with Crippen LogP contribution >= 0.6 is 0 Å². The molecule has 0 saturated carbocycles. The number of hydrogen-bond acceptors (Lipinski definition) is 6. The molecule has 0 radical (unpaired) electrons. The highest BCUT2D eigenvalue weighted by atomic mass is 32.2. The first kappa shape index (κ1) is 25.2. The summed E-state index contributed by atoms with van der Waals surface area (Å²) in [5, 5.41) is 9.83. The van der Waals surface area contributed by atoms with Gasteiger partial charge in [-0.1, -0.05) is 39.0 Å². The van der Waals surface area contributed by atoms with Gasteiger partial charge in [0.2, 0.25) is 10.0 Å². The van der Waals surface area contributed by atoms with Gasteiger partial charge in [-0.15, -0.1) is 0 Å². The molecule has 1 heterocycles. The van der Waals surface area contributed by atoms with Crippen LogP contribution in [-0.2, 0) is 22.0 Å². The summed E-state index contributed by atoms with van der Waals surface area (Å²) in [6, 6.07) is 8.73. The predicted molar refractivity (Wildman–Crippen MR) is 135 cm³/mol. The SMILES string of the molecule is COc1c(C=Cc2ccc(NS(C)(=O)=O)cc2CO)cc(-n2ccncc2=O)cc1C(C)(C)C. The van der Waals surface area contributed by atoms with Crippen molar-refractivity contribution in [3.63, 3.8) is 0 Å². The van der Waals surface area contributed by atoms with Crippen LogP contribution in [0.2, 0.25) is 0 Å². The van der Waals surface area contributed by atoms with Gasteiger partial charge in [0.05, 0.1) is 26.2 Å². The fourth-order valence-electron chi connectivity index (χ4n) is 3.61. The molecule has 9 heteroatoms. The quantitative estimate of drug-likeness (QED) is 0.497. The summed E-state index contributed by atoms with van der Waals surface area (Å²) < 4.78 is 32.7. The lowest BCUT2D eigenvalue weighted by Crippen LogP contribution is -2.19. The van der Waals surface area contributed by atoms with Gasteiger partial charge in [-0.25, -0.2) is 8.42 Å². The Balaban J connectivity index is 2.15. The second-order valence-corrected chi connectivity index (χ2v) is 10.7. The number of ether oxygens (including phenoxy) is 1. The molecule has 0 amide bonds. The topological polar surface area (TPSA) is 111 Å². The molecular formula is C25H29N3O5S. The summed E-state index contributed by atoms with van der Waals surface area (Å²) >= 11 is 0. The number of rotatable bonds is 7. The number of anilines is 1. The van der Waals surface area contributed by atoms with Gasteiger partial charge in [-0.3, -0.25) is 19.1 Å². The maximum atomic E-state index is 12.4. The number of nitrogens with zero attached hydrogens (tertiary/aromatic N) is 2. The highest BCUT2D eigenvalue weighted by Crippen LogP contribution is 2.37. The number of nitrogens with one attached hydrogen (secondary N) is 1. The zero-order chi connectivity index (χ0) is 25.1. The second-order valence-electron chi connectivity index (χ2n) is 8.93. The zero-order valence-corrected chi connectivity index (χ0v) is 20.7. The second kappa shape index (κ2) is 9.82. The Morgan fingerprint density at radius 2 is 1.85 bits per heavy atom. The van der Waals surface area contributed by atoms with Crippen molar-refractivity contribution in [2.24, 2.45) is 0 Å². The average molecular weight is 484 g/mol. The van der Waals surface area contributed by atoms with Crippen molar-refractivity contribution in [1.29, 1.82) is 0 Å².